The molecule has 3 aliphatic rings. The van der Waals surface area contributed by atoms with E-state index < -0.39 is 11.4 Å². The van der Waals surface area contributed by atoms with Crippen LogP contribution in [0.4, 0.5) is 0 Å². The summed E-state index contributed by atoms with van der Waals surface area (Å²) in [7, 11) is 1.50. The van der Waals surface area contributed by atoms with E-state index in [0.717, 1.165) is 30.9 Å². The van der Waals surface area contributed by atoms with Gasteiger partial charge in [-0.2, -0.15) is 19.8 Å². The second-order valence-corrected chi connectivity index (χ2v) is 9.72. The third kappa shape index (κ3) is 7.24. The molecule has 6 rings (SSSR count). The molecule has 5 heteroatoms. The van der Waals surface area contributed by atoms with Crippen LogP contribution in [0.15, 0.2) is 113 Å². The summed E-state index contributed by atoms with van der Waals surface area (Å²) in [4.78, 5) is 12.4. The van der Waals surface area contributed by atoms with Gasteiger partial charge in [-0.05, 0) is 42.4 Å². The van der Waals surface area contributed by atoms with Crippen molar-refractivity contribution in [3.63, 3.8) is 0 Å². The number of carboxylic acid groups (broad SMARTS) is 1. The molecule has 0 aliphatic heterocycles. The number of hydrogen-bond acceptors (Lipinski definition) is 3. The zero-order valence-corrected chi connectivity index (χ0v) is 25.1. The number of benzene rings is 3. The minimum atomic E-state index is -1.20. The Hall–Kier alpha value is -2.89. The molecule has 0 bridgehead atoms. The van der Waals surface area contributed by atoms with Crippen LogP contribution in [0.2, 0.25) is 0 Å². The quantitative estimate of drug-likeness (QED) is 0.237. The van der Waals surface area contributed by atoms with Crippen LogP contribution in [0, 0.1) is 6.42 Å². The predicted octanol–water partition coefficient (Wildman–Crippen LogP) is 6.00. The van der Waals surface area contributed by atoms with Gasteiger partial charge in [-0.1, -0.05) is 116 Å². The average Bonchev–Trinajstić information content (AvgIpc) is 3.40. The summed E-state index contributed by atoms with van der Waals surface area (Å²) in [5.74, 6) is -0.879. The predicted molar refractivity (Wildman–Crippen MR) is 154 cm³/mol. The van der Waals surface area contributed by atoms with Gasteiger partial charge in [0.05, 0.1) is 0 Å². The third-order valence-corrected chi connectivity index (χ3v) is 7.70. The fourth-order valence-electron chi connectivity index (χ4n) is 6.05. The van der Waals surface area contributed by atoms with Crippen LogP contribution in [-0.2, 0) is 31.9 Å². The Morgan fingerprint density at radius 1 is 0.675 bits per heavy atom. The van der Waals surface area contributed by atoms with Crippen LogP contribution in [0.3, 0.4) is 0 Å². The average molecular weight is 572 g/mol. The van der Waals surface area contributed by atoms with E-state index in [9.17, 15) is 9.90 Å². The zero-order chi connectivity index (χ0) is 28.1. The molecule has 207 valence electrons. The van der Waals surface area contributed by atoms with Crippen molar-refractivity contribution in [1.29, 1.82) is 0 Å². The van der Waals surface area contributed by atoms with Crippen LogP contribution in [0.25, 0.3) is 0 Å². The smallest absolute Gasteiger partial charge is 0.857 e. The molecule has 0 heterocycles. The third-order valence-electron chi connectivity index (χ3n) is 7.70. The topological polar surface area (TPSA) is 83.4 Å². The molecule has 0 saturated carbocycles. The first kappa shape index (κ1) is 33.3. The van der Waals surface area contributed by atoms with Gasteiger partial charge in [0.25, 0.3) is 0 Å². The maximum atomic E-state index is 12.4. The molecule has 3 aromatic carbocycles. The summed E-state index contributed by atoms with van der Waals surface area (Å²) in [6, 6.07) is 28.1. The molecule has 0 atom stereocenters. The van der Waals surface area contributed by atoms with Crippen molar-refractivity contribution >= 4 is 5.97 Å². The molecule has 0 fully saturated rings. The summed E-state index contributed by atoms with van der Waals surface area (Å²) in [6.45, 7) is 0. The van der Waals surface area contributed by atoms with Gasteiger partial charge in [0.1, 0.15) is 5.41 Å². The minimum absolute atomic E-state index is 0. The van der Waals surface area contributed by atoms with Gasteiger partial charge >= 0.3 is 27.7 Å². The molecule has 40 heavy (non-hydrogen) atoms. The first-order chi connectivity index (χ1) is 19.2. The Morgan fingerprint density at radius 2 is 1.10 bits per heavy atom. The van der Waals surface area contributed by atoms with Crippen LogP contribution in [0.5, 0.6) is 0 Å². The monoisotopic (exact) mass is 571 g/mol. The molecule has 4 nitrogen and oxygen atoms in total. The Labute approximate surface area is 254 Å². The van der Waals surface area contributed by atoms with Crippen molar-refractivity contribution in [2.45, 2.75) is 56.8 Å². The van der Waals surface area contributed by atoms with E-state index in [-0.39, 0.29) is 21.7 Å². The van der Waals surface area contributed by atoms with E-state index in [1.54, 1.807) is 22.3 Å². The summed E-state index contributed by atoms with van der Waals surface area (Å²) in [5, 5.41) is 26.7. The number of carboxylic acids is 1. The maximum Gasteiger partial charge on any atom is 3.00 e. The van der Waals surface area contributed by atoms with Crippen LogP contribution in [-0.4, -0.2) is 25.3 Å². The van der Waals surface area contributed by atoms with Gasteiger partial charge in [-0.3, -0.25) is 4.79 Å². The Bertz CT molecular complexity index is 1110. The van der Waals surface area contributed by atoms with E-state index in [4.69, 9.17) is 10.2 Å². The van der Waals surface area contributed by atoms with Crippen LogP contribution in [0.1, 0.15) is 68.1 Å². The summed E-state index contributed by atoms with van der Waals surface area (Å²) >= 11 is 0. The SMILES string of the molecule is C[O-].C[O-].O=C(O)C(c1ccccc1)(c1ccccc1)c1ccccc1.[CH-]1CCCC2=C1CC1=C2CCCC1.[Ti+3]. The van der Waals surface area contributed by atoms with Gasteiger partial charge in [0, 0.05) is 0 Å². The van der Waals surface area contributed by atoms with Crippen molar-refractivity contribution in [1.82, 2.24) is 0 Å². The summed E-state index contributed by atoms with van der Waals surface area (Å²) in [6.07, 6.45) is 13.6. The number of fused-ring (bicyclic) bond motifs is 1. The number of rotatable bonds is 4. The Morgan fingerprint density at radius 3 is 1.55 bits per heavy atom. The van der Waals surface area contributed by atoms with Crippen molar-refractivity contribution in [2.24, 2.45) is 0 Å². The fraction of sp³-hybridized carbons (Fsp3) is 0.314. The molecule has 1 N–H and O–H groups in total. The molecule has 0 spiro atoms. The van der Waals surface area contributed by atoms with Crippen LogP contribution >= 0.6 is 0 Å². The second-order valence-electron chi connectivity index (χ2n) is 9.72. The standard InChI is InChI=1S/C20H16O2.C13H17.2CH3O.Ti/c21-19(22)20(16-10-4-1-5-11-16,17-12-6-2-7-13-17)18-14-8-3-9-15-18;1-3-7-12-10(5-1)9-11-6-2-4-8-13(11)12;2*1-2;/h1-15H,(H,21,22);5H,1-4,6-9H2;2*1H3;/q;3*-1;+3. The minimum Gasteiger partial charge on any atom is -0.857 e. The Balaban J connectivity index is 0.000000265. The van der Waals surface area contributed by atoms with Crippen molar-refractivity contribution < 1.29 is 41.8 Å². The summed E-state index contributed by atoms with van der Waals surface area (Å²) in [5.41, 5.74) is 8.11. The molecule has 0 saturated heterocycles. The van der Waals surface area contributed by atoms with Gasteiger partial charge in [-0.25, -0.2) is 12.0 Å². The molecule has 0 aromatic heterocycles. The van der Waals surface area contributed by atoms with E-state index in [1.807, 2.05) is 91.0 Å². The molecule has 0 amide bonds. The van der Waals surface area contributed by atoms with Crippen molar-refractivity contribution in [3.05, 3.63) is 136 Å². The largest absolute Gasteiger partial charge is 3.00 e. The van der Waals surface area contributed by atoms with Gasteiger partial charge in [0.15, 0.2) is 0 Å². The Kier molecular flexibility index (Phi) is 14.2. The molecule has 3 aliphatic carbocycles. The van der Waals surface area contributed by atoms with E-state index in [1.165, 1.54) is 51.4 Å². The molecule has 1 radical (unpaired) electrons. The van der Waals surface area contributed by atoms with Crippen molar-refractivity contribution in [3.8, 4) is 0 Å². The normalized spacial score (nSPS) is 15.2. The van der Waals surface area contributed by atoms with Crippen molar-refractivity contribution in [2.75, 3.05) is 14.2 Å². The van der Waals surface area contributed by atoms with E-state index in [0.29, 0.717) is 0 Å². The fourth-order valence-corrected chi connectivity index (χ4v) is 6.05. The number of allylic oxidation sites excluding steroid dienone is 4. The van der Waals surface area contributed by atoms with Gasteiger partial charge < -0.3 is 15.3 Å². The number of carbonyl (C=O) groups is 1. The zero-order valence-electron chi connectivity index (χ0n) is 23.6. The van der Waals surface area contributed by atoms with E-state index >= 15 is 0 Å². The molecular weight excluding hydrogens is 532 g/mol. The maximum absolute atomic E-state index is 12.4. The summed E-state index contributed by atoms with van der Waals surface area (Å²) < 4.78 is 0. The first-order valence-corrected chi connectivity index (χ1v) is 13.7. The number of hydrogen-bond donors (Lipinski definition) is 1. The van der Waals surface area contributed by atoms with Gasteiger partial charge in [0.2, 0.25) is 0 Å². The van der Waals surface area contributed by atoms with Crippen LogP contribution < -0.4 is 10.2 Å². The molecule has 0 unspecified atom stereocenters. The molecular formula is C35H39O4Ti. The van der Waals surface area contributed by atoms with Gasteiger partial charge in [-0.15, -0.1) is 12.0 Å². The molecule has 3 aromatic rings. The number of aliphatic carboxylic acids is 1. The van der Waals surface area contributed by atoms with E-state index in [2.05, 4.69) is 6.42 Å². The second kappa shape index (κ2) is 17.0. The first-order valence-electron chi connectivity index (χ1n) is 13.7.